The van der Waals surface area contributed by atoms with E-state index in [0.717, 1.165) is 11.1 Å². The van der Waals surface area contributed by atoms with E-state index in [0.29, 0.717) is 6.42 Å². The van der Waals surface area contributed by atoms with E-state index in [2.05, 4.69) is 0 Å². The van der Waals surface area contributed by atoms with E-state index in [1.807, 2.05) is 32.9 Å². The summed E-state index contributed by atoms with van der Waals surface area (Å²) in [7, 11) is 0. The standard InChI is InChI=1S/C12H15NO2/c1-9(2)4-6-11-8-10(3)5-7-12(11)13(14)15/h4-5,7-8H,6H2,1-3H3. The Kier molecular flexibility index (Phi) is 3.61. The third kappa shape index (κ3) is 3.20. The van der Waals surface area contributed by atoms with E-state index < -0.39 is 0 Å². The minimum Gasteiger partial charge on any atom is -0.258 e. The molecule has 1 rings (SSSR count). The number of hydrogen-bond acceptors (Lipinski definition) is 2. The summed E-state index contributed by atoms with van der Waals surface area (Å²) in [6.45, 7) is 5.92. The first-order valence-electron chi connectivity index (χ1n) is 4.88. The molecule has 3 nitrogen and oxygen atoms in total. The Morgan fingerprint density at radius 3 is 2.67 bits per heavy atom. The largest absolute Gasteiger partial charge is 0.272 e. The Labute approximate surface area is 89.6 Å². The highest BCUT2D eigenvalue weighted by Gasteiger charge is 2.11. The minimum absolute atomic E-state index is 0.207. The van der Waals surface area contributed by atoms with Crippen LogP contribution in [0.2, 0.25) is 0 Å². The topological polar surface area (TPSA) is 43.1 Å². The Hall–Kier alpha value is -1.64. The van der Waals surface area contributed by atoms with Gasteiger partial charge in [-0.2, -0.15) is 0 Å². The number of hydrogen-bond donors (Lipinski definition) is 0. The molecular formula is C12H15NO2. The lowest BCUT2D eigenvalue weighted by Gasteiger charge is -2.01. The van der Waals surface area contributed by atoms with Crippen LogP contribution in [0.4, 0.5) is 5.69 Å². The second-order valence-corrected chi connectivity index (χ2v) is 3.87. The van der Waals surface area contributed by atoms with Gasteiger partial charge in [0.25, 0.3) is 5.69 Å². The van der Waals surface area contributed by atoms with Crippen molar-refractivity contribution in [1.82, 2.24) is 0 Å². The summed E-state index contributed by atoms with van der Waals surface area (Å²) < 4.78 is 0. The van der Waals surface area contributed by atoms with Crippen LogP contribution in [0.25, 0.3) is 0 Å². The van der Waals surface area contributed by atoms with Crippen LogP contribution in [-0.4, -0.2) is 4.92 Å². The van der Waals surface area contributed by atoms with Crippen LogP contribution in [0.5, 0.6) is 0 Å². The number of aryl methyl sites for hydroxylation is 1. The minimum atomic E-state index is -0.326. The van der Waals surface area contributed by atoms with Crippen LogP contribution in [-0.2, 0) is 6.42 Å². The SMILES string of the molecule is CC(C)=CCc1cc(C)ccc1[N+](=O)[O-]. The third-order valence-corrected chi connectivity index (χ3v) is 2.16. The van der Waals surface area contributed by atoms with E-state index in [-0.39, 0.29) is 10.6 Å². The van der Waals surface area contributed by atoms with Crippen molar-refractivity contribution in [2.75, 3.05) is 0 Å². The molecule has 0 radical (unpaired) electrons. The van der Waals surface area contributed by atoms with Gasteiger partial charge >= 0.3 is 0 Å². The number of nitrogens with zero attached hydrogens (tertiary/aromatic N) is 1. The Balaban J connectivity index is 3.07. The van der Waals surface area contributed by atoms with Crippen LogP contribution in [0, 0.1) is 17.0 Å². The first-order chi connectivity index (χ1) is 7.00. The predicted octanol–water partition coefficient (Wildman–Crippen LogP) is 3.41. The summed E-state index contributed by atoms with van der Waals surface area (Å²) >= 11 is 0. The number of benzene rings is 1. The molecule has 0 N–H and O–H groups in total. The normalized spacial score (nSPS) is 9.80. The first kappa shape index (κ1) is 11.4. The van der Waals surface area contributed by atoms with E-state index in [4.69, 9.17) is 0 Å². The highest BCUT2D eigenvalue weighted by molar-refractivity contribution is 5.43. The van der Waals surface area contributed by atoms with E-state index in [1.54, 1.807) is 12.1 Å². The molecule has 0 saturated heterocycles. The highest BCUT2D eigenvalue weighted by Crippen LogP contribution is 2.20. The van der Waals surface area contributed by atoms with E-state index >= 15 is 0 Å². The molecule has 0 aromatic heterocycles. The molecule has 0 aliphatic heterocycles. The molecule has 15 heavy (non-hydrogen) atoms. The van der Waals surface area contributed by atoms with E-state index in [1.165, 1.54) is 5.57 Å². The number of rotatable bonds is 3. The summed E-state index contributed by atoms with van der Waals surface area (Å²) in [6, 6.07) is 5.21. The van der Waals surface area contributed by atoms with Gasteiger partial charge < -0.3 is 0 Å². The summed E-state index contributed by atoms with van der Waals surface area (Å²) in [5, 5.41) is 10.8. The lowest BCUT2D eigenvalue weighted by Crippen LogP contribution is -1.95. The summed E-state index contributed by atoms with van der Waals surface area (Å²) in [4.78, 5) is 10.4. The van der Waals surface area contributed by atoms with Gasteiger partial charge in [0, 0.05) is 11.6 Å². The predicted molar refractivity (Wildman–Crippen MR) is 61.0 cm³/mol. The quantitative estimate of drug-likeness (QED) is 0.431. The van der Waals surface area contributed by atoms with Crippen molar-refractivity contribution in [3.05, 3.63) is 51.1 Å². The number of nitro benzene ring substituents is 1. The Morgan fingerprint density at radius 1 is 1.47 bits per heavy atom. The molecule has 0 saturated carbocycles. The Bertz CT molecular complexity index is 404. The molecule has 0 aliphatic rings. The fraction of sp³-hybridized carbons (Fsp3) is 0.333. The van der Waals surface area contributed by atoms with Gasteiger partial charge in [-0.1, -0.05) is 23.3 Å². The third-order valence-electron chi connectivity index (χ3n) is 2.16. The van der Waals surface area contributed by atoms with Crippen molar-refractivity contribution in [2.24, 2.45) is 0 Å². The van der Waals surface area contributed by atoms with Gasteiger partial charge in [-0.05, 0) is 33.3 Å². The molecule has 0 atom stereocenters. The zero-order chi connectivity index (χ0) is 11.4. The number of allylic oxidation sites excluding steroid dienone is 2. The second kappa shape index (κ2) is 4.73. The van der Waals surface area contributed by atoms with Crippen LogP contribution < -0.4 is 0 Å². The van der Waals surface area contributed by atoms with Gasteiger partial charge in [-0.25, -0.2) is 0 Å². The van der Waals surface area contributed by atoms with Crippen LogP contribution in [0.3, 0.4) is 0 Å². The van der Waals surface area contributed by atoms with Gasteiger partial charge in [0.15, 0.2) is 0 Å². The maximum absolute atomic E-state index is 10.8. The zero-order valence-electron chi connectivity index (χ0n) is 9.28. The van der Waals surface area contributed by atoms with Crippen LogP contribution in [0.1, 0.15) is 25.0 Å². The smallest absolute Gasteiger partial charge is 0.258 e. The summed E-state index contributed by atoms with van der Waals surface area (Å²) in [5.41, 5.74) is 3.21. The second-order valence-electron chi connectivity index (χ2n) is 3.87. The van der Waals surface area contributed by atoms with E-state index in [9.17, 15) is 10.1 Å². The lowest BCUT2D eigenvalue weighted by atomic mass is 10.1. The fourth-order valence-corrected chi connectivity index (χ4v) is 1.37. The maximum Gasteiger partial charge on any atom is 0.272 e. The molecular weight excluding hydrogens is 190 g/mol. The van der Waals surface area contributed by atoms with Gasteiger partial charge in [0.2, 0.25) is 0 Å². The molecule has 0 heterocycles. The Morgan fingerprint density at radius 2 is 2.13 bits per heavy atom. The molecule has 3 heteroatoms. The van der Waals surface area contributed by atoms with Crippen LogP contribution in [0.15, 0.2) is 29.8 Å². The van der Waals surface area contributed by atoms with Gasteiger partial charge in [0.05, 0.1) is 4.92 Å². The van der Waals surface area contributed by atoms with Crippen molar-refractivity contribution >= 4 is 5.69 Å². The monoisotopic (exact) mass is 205 g/mol. The molecule has 1 aromatic carbocycles. The van der Waals surface area contributed by atoms with Crippen molar-refractivity contribution < 1.29 is 4.92 Å². The molecule has 0 spiro atoms. The van der Waals surface area contributed by atoms with Gasteiger partial charge in [-0.15, -0.1) is 0 Å². The molecule has 1 aromatic rings. The summed E-state index contributed by atoms with van der Waals surface area (Å²) in [6.07, 6.45) is 2.63. The van der Waals surface area contributed by atoms with Gasteiger partial charge in [-0.3, -0.25) is 10.1 Å². The van der Waals surface area contributed by atoms with Crippen molar-refractivity contribution in [3.8, 4) is 0 Å². The average molecular weight is 205 g/mol. The first-order valence-corrected chi connectivity index (χ1v) is 4.88. The van der Waals surface area contributed by atoms with Gasteiger partial charge in [0.1, 0.15) is 0 Å². The van der Waals surface area contributed by atoms with Crippen molar-refractivity contribution in [2.45, 2.75) is 27.2 Å². The molecule has 0 aliphatic carbocycles. The number of nitro groups is 1. The zero-order valence-corrected chi connectivity index (χ0v) is 9.28. The van der Waals surface area contributed by atoms with Crippen molar-refractivity contribution in [1.29, 1.82) is 0 Å². The molecule has 0 fully saturated rings. The van der Waals surface area contributed by atoms with Crippen LogP contribution >= 0.6 is 0 Å². The molecule has 0 unspecified atom stereocenters. The average Bonchev–Trinajstić information content (AvgIpc) is 2.14. The summed E-state index contributed by atoms with van der Waals surface area (Å²) in [5.74, 6) is 0. The molecule has 80 valence electrons. The maximum atomic E-state index is 10.8. The fourth-order valence-electron chi connectivity index (χ4n) is 1.37. The molecule has 0 amide bonds. The highest BCUT2D eigenvalue weighted by atomic mass is 16.6. The van der Waals surface area contributed by atoms with Crippen molar-refractivity contribution in [3.63, 3.8) is 0 Å². The lowest BCUT2D eigenvalue weighted by molar-refractivity contribution is -0.385. The molecule has 0 bridgehead atoms.